The molecule has 0 aromatic heterocycles. The van der Waals surface area contributed by atoms with Gasteiger partial charge < -0.3 is 0 Å². The summed E-state index contributed by atoms with van der Waals surface area (Å²) in [5.41, 5.74) is -0.920. The molecule has 0 fully saturated rings. The second-order valence-electron chi connectivity index (χ2n) is 2.39. The number of nitrogens with zero attached hydrogens (tertiary/aromatic N) is 1. The van der Waals surface area contributed by atoms with Crippen molar-refractivity contribution in [1.29, 1.82) is 0 Å². The molecule has 8 heteroatoms. The minimum absolute atomic E-state index is 0.851. The predicted octanol–water partition coefficient (Wildman–Crippen LogP) is 0.381. The lowest BCUT2D eigenvalue weighted by Crippen LogP contribution is -2.14. The number of sulfonamides is 1. The van der Waals surface area contributed by atoms with E-state index in [0.29, 0.717) is 0 Å². The summed E-state index contributed by atoms with van der Waals surface area (Å²) in [5.74, 6) is -1.44. The van der Waals surface area contributed by atoms with Gasteiger partial charge in [-0.3, -0.25) is 10.1 Å². The number of rotatable bonds is 2. The highest BCUT2D eigenvalue weighted by atomic mass is 32.2. The van der Waals surface area contributed by atoms with Crippen LogP contribution in [0.15, 0.2) is 23.1 Å². The van der Waals surface area contributed by atoms with Crippen molar-refractivity contribution >= 4 is 15.7 Å². The Morgan fingerprint density at radius 1 is 1.43 bits per heavy atom. The second-order valence-corrected chi connectivity index (χ2v) is 3.92. The predicted molar refractivity (Wildman–Crippen MR) is 44.4 cm³/mol. The molecule has 0 aliphatic rings. The molecule has 0 aliphatic carbocycles. The van der Waals surface area contributed by atoms with Crippen molar-refractivity contribution in [3.05, 3.63) is 34.1 Å². The van der Waals surface area contributed by atoms with Crippen molar-refractivity contribution in [3.8, 4) is 0 Å². The summed E-state index contributed by atoms with van der Waals surface area (Å²) in [5, 5.41) is 14.9. The lowest BCUT2D eigenvalue weighted by atomic mass is 10.3. The van der Waals surface area contributed by atoms with Gasteiger partial charge in [0.1, 0.15) is 4.90 Å². The van der Waals surface area contributed by atoms with Gasteiger partial charge in [-0.05, 0) is 6.07 Å². The van der Waals surface area contributed by atoms with E-state index in [1.165, 1.54) is 0 Å². The van der Waals surface area contributed by atoms with E-state index in [1.54, 1.807) is 0 Å². The Kier molecular flexibility index (Phi) is 2.49. The van der Waals surface area contributed by atoms with Crippen LogP contribution in [0.3, 0.4) is 0 Å². The third-order valence-electron chi connectivity index (χ3n) is 1.45. The number of hydrogen-bond donors (Lipinski definition) is 1. The van der Waals surface area contributed by atoms with Crippen molar-refractivity contribution in [1.82, 2.24) is 0 Å². The zero-order valence-electron chi connectivity index (χ0n) is 6.68. The first-order valence-corrected chi connectivity index (χ1v) is 4.84. The van der Waals surface area contributed by atoms with Crippen LogP contribution in [0.4, 0.5) is 10.1 Å². The number of nitro benzene ring substituents is 1. The van der Waals surface area contributed by atoms with Crippen LogP contribution < -0.4 is 5.14 Å². The minimum Gasteiger partial charge on any atom is -0.258 e. The zero-order chi connectivity index (χ0) is 10.9. The van der Waals surface area contributed by atoms with Gasteiger partial charge in [-0.2, -0.15) is 4.39 Å². The first kappa shape index (κ1) is 10.5. The Balaban J connectivity index is 3.51. The number of primary sulfonamides is 1. The average molecular weight is 220 g/mol. The Hall–Kier alpha value is -1.54. The van der Waals surface area contributed by atoms with Crippen LogP contribution in [0, 0.1) is 15.9 Å². The van der Waals surface area contributed by atoms with Crippen molar-refractivity contribution in [3.63, 3.8) is 0 Å². The molecular formula is C6H5FN2O4S. The fraction of sp³-hybridized carbons (Fsp3) is 0. The van der Waals surface area contributed by atoms with E-state index in [2.05, 4.69) is 5.14 Å². The van der Waals surface area contributed by atoms with Crippen molar-refractivity contribution < 1.29 is 17.7 Å². The molecule has 0 spiro atoms. The van der Waals surface area contributed by atoms with Crippen LogP contribution in [0.2, 0.25) is 0 Å². The first-order chi connectivity index (χ1) is 6.34. The van der Waals surface area contributed by atoms with Crippen molar-refractivity contribution in [2.45, 2.75) is 4.90 Å². The highest BCUT2D eigenvalue weighted by Gasteiger charge is 2.23. The third kappa shape index (κ3) is 1.86. The van der Waals surface area contributed by atoms with Crippen molar-refractivity contribution in [2.75, 3.05) is 0 Å². The van der Waals surface area contributed by atoms with Gasteiger partial charge in [-0.25, -0.2) is 13.6 Å². The van der Waals surface area contributed by atoms with Crippen molar-refractivity contribution in [2.24, 2.45) is 5.14 Å². The zero-order valence-corrected chi connectivity index (χ0v) is 7.49. The van der Waals surface area contributed by atoms with E-state index >= 15 is 0 Å². The molecule has 1 aromatic rings. The SMILES string of the molecule is NS(=O)(=O)c1cccc([N+](=O)[O-])c1F. The summed E-state index contributed by atoms with van der Waals surface area (Å²) in [6, 6.07) is 2.75. The van der Waals surface area contributed by atoms with Gasteiger partial charge >= 0.3 is 5.69 Å². The maximum atomic E-state index is 13.1. The van der Waals surface area contributed by atoms with Crippen LogP contribution in [0.1, 0.15) is 0 Å². The molecule has 0 saturated heterocycles. The molecule has 0 atom stereocenters. The standard InChI is InChI=1S/C6H5FN2O4S/c7-6-4(9(10)11)2-1-3-5(6)14(8,12)13/h1-3H,(H2,8,12,13). The molecule has 0 saturated carbocycles. The largest absolute Gasteiger partial charge is 0.306 e. The topological polar surface area (TPSA) is 103 Å². The van der Waals surface area contributed by atoms with Crippen LogP contribution in [-0.2, 0) is 10.0 Å². The third-order valence-corrected chi connectivity index (χ3v) is 2.37. The summed E-state index contributed by atoms with van der Waals surface area (Å²) in [4.78, 5) is 8.32. The van der Waals surface area contributed by atoms with Crippen LogP contribution in [0.5, 0.6) is 0 Å². The second kappa shape index (κ2) is 3.31. The average Bonchev–Trinajstić information content (AvgIpc) is 2.01. The van der Waals surface area contributed by atoms with Crippen LogP contribution in [-0.4, -0.2) is 13.3 Å². The maximum absolute atomic E-state index is 13.1. The minimum atomic E-state index is -4.27. The van der Waals surface area contributed by atoms with Gasteiger partial charge in [0.2, 0.25) is 15.8 Å². The first-order valence-electron chi connectivity index (χ1n) is 3.29. The highest BCUT2D eigenvalue weighted by Crippen LogP contribution is 2.22. The lowest BCUT2D eigenvalue weighted by Gasteiger charge is -1.99. The summed E-state index contributed by atoms with van der Waals surface area (Å²) in [7, 11) is -4.27. The van der Waals surface area contributed by atoms with Gasteiger partial charge in [-0.15, -0.1) is 0 Å². The van der Waals surface area contributed by atoms with E-state index in [-0.39, 0.29) is 0 Å². The lowest BCUT2D eigenvalue weighted by molar-refractivity contribution is -0.387. The number of halogens is 1. The molecule has 0 bridgehead atoms. The van der Waals surface area contributed by atoms with E-state index in [4.69, 9.17) is 0 Å². The molecule has 0 aliphatic heterocycles. The molecule has 1 aromatic carbocycles. The fourth-order valence-corrected chi connectivity index (χ4v) is 1.48. The smallest absolute Gasteiger partial charge is 0.258 e. The number of hydrogen-bond acceptors (Lipinski definition) is 4. The number of nitrogens with two attached hydrogens (primary N) is 1. The van der Waals surface area contributed by atoms with Crippen LogP contribution in [0.25, 0.3) is 0 Å². The summed E-state index contributed by atoms with van der Waals surface area (Å²) in [6.07, 6.45) is 0. The molecule has 0 unspecified atom stereocenters. The molecule has 0 radical (unpaired) electrons. The molecule has 6 nitrogen and oxygen atoms in total. The maximum Gasteiger partial charge on any atom is 0.306 e. The molecule has 0 amide bonds. The molecule has 2 N–H and O–H groups in total. The van der Waals surface area contributed by atoms with E-state index in [9.17, 15) is 22.9 Å². The molecule has 1 rings (SSSR count). The molecular weight excluding hydrogens is 215 g/mol. The Morgan fingerprint density at radius 3 is 2.43 bits per heavy atom. The summed E-state index contributed by atoms with van der Waals surface area (Å²) in [6.45, 7) is 0. The quantitative estimate of drug-likeness (QED) is 0.574. The highest BCUT2D eigenvalue weighted by molar-refractivity contribution is 7.89. The fourth-order valence-electron chi connectivity index (χ4n) is 0.860. The summed E-state index contributed by atoms with van der Waals surface area (Å²) >= 11 is 0. The molecule has 0 heterocycles. The number of benzene rings is 1. The monoisotopic (exact) mass is 220 g/mol. The Bertz CT molecular complexity index is 485. The van der Waals surface area contributed by atoms with Gasteiger partial charge in [0.15, 0.2) is 0 Å². The number of nitro groups is 1. The van der Waals surface area contributed by atoms with E-state index in [0.717, 1.165) is 18.2 Å². The van der Waals surface area contributed by atoms with Gasteiger partial charge in [0.05, 0.1) is 4.92 Å². The normalized spacial score (nSPS) is 11.3. The molecule has 76 valence electrons. The summed E-state index contributed by atoms with van der Waals surface area (Å²) < 4.78 is 34.6. The van der Waals surface area contributed by atoms with Gasteiger partial charge in [0, 0.05) is 6.07 Å². The Labute approximate surface area is 78.4 Å². The molecule has 14 heavy (non-hydrogen) atoms. The van der Waals surface area contributed by atoms with Gasteiger partial charge in [-0.1, -0.05) is 6.07 Å². The van der Waals surface area contributed by atoms with Gasteiger partial charge in [0.25, 0.3) is 0 Å². The van der Waals surface area contributed by atoms with E-state index < -0.39 is 31.3 Å². The van der Waals surface area contributed by atoms with Crippen LogP contribution >= 0.6 is 0 Å². The van der Waals surface area contributed by atoms with E-state index in [1.807, 2.05) is 0 Å². The Morgan fingerprint density at radius 2 is 2.00 bits per heavy atom.